The molecule has 0 radical (unpaired) electrons. The Labute approximate surface area is 203 Å². The molecule has 1 amide bonds. The van der Waals surface area contributed by atoms with Crippen LogP contribution >= 0.6 is 0 Å². The second-order valence-electron chi connectivity index (χ2n) is 8.63. The van der Waals surface area contributed by atoms with E-state index in [2.05, 4.69) is 0 Å². The molecule has 0 bridgehead atoms. The minimum Gasteiger partial charge on any atom is -0.389 e. The molecular weight excluding hydrogens is 474 g/mol. The summed E-state index contributed by atoms with van der Waals surface area (Å²) in [5, 5.41) is 9.66. The van der Waals surface area contributed by atoms with Crippen molar-refractivity contribution in [2.24, 2.45) is 0 Å². The second kappa shape index (κ2) is 9.75. The van der Waals surface area contributed by atoms with Crippen molar-refractivity contribution in [2.45, 2.75) is 17.9 Å². The largest absolute Gasteiger partial charge is 0.389 e. The summed E-state index contributed by atoms with van der Waals surface area (Å²) in [7, 11) is -3.59. The Morgan fingerprint density at radius 2 is 1.60 bits per heavy atom. The quantitative estimate of drug-likeness (QED) is 0.572. The molecule has 1 N–H and O–H groups in total. The number of nitrogens with zero attached hydrogens (tertiary/aromatic N) is 2. The summed E-state index contributed by atoms with van der Waals surface area (Å²) < 4.78 is 53.5. The Morgan fingerprint density at radius 1 is 0.914 bits per heavy atom. The molecule has 0 aromatic heterocycles. The molecule has 4 rings (SSSR count). The number of hydrogen-bond donors (Lipinski definition) is 1. The molecule has 0 aliphatic carbocycles. The van der Waals surface area contributed by atoms with Crippen LogP contribution in [0.3, 0.4) is 0 Å². The number of aliphatic hydroxyl groups is 1. The topological polar surface area (TPSA) is 77.9 Å². The molecule has 1 aliphatic rings. The third-order valence-corrected chi connectivity index (χ3v) is 7.29. The molecule has 3 aromatic rings. The van der Waals surface area contributed by atoms with Crippen molar-refractivity contribution in [3.8, 4) is 11.1 Å². The van der Waals surface area contributed by atoms with E-state index in [0.717, 1.165) is 6.26 Å². The third kappa shape index (κ3) is 5.21. The van der Waals surface area contributed by atoms with Crippen LogP contribution in [0.4, 0.5) is 14.5 Å². The van der Waals surface area contributed by atoms with Crippen LogP contribution in [0.1, 0.15) is 28.9 Å². The first kappa shape index (κ1) is 24.8. The van der Waals surface area contributed by atoms with Gasteiger partial charge >= 0.3 is 0 Å². The van der Waals surface area contributed by atoms with Gasteiger partial charge in [-0.25, -0.2) is 17.2 Å². The van der Waals surface area contributed by atoms with Crippen molar-refractivity contribution in [2.75, 3.05) is 37.3 Å². The zero-order valence-corrected chi connectivity index (χ0v) is 20.2. The van der Waals surface area contributed by atoms with E-state index in [1.165, 1.54) is 36.4 Å². The van der Waals surface area contributed by atoms with Gasteiger partial charge in [0.2, 0.25) is 0 Å². The van der Waals surface area contributed by atoms with E-state index in [1.54, 1.807) is 36.1 Å². The second-order valence-corrected chi connectivity index (χ2v) is 10.6. The van der Waals surface area contributed by atoms with E-state index in [1.807, 2.05) is 4.90 Å². The van der Waals surface area contributed by atoms with E-state index in [-0.39, 0.29) is 29.1 Å². The summed E-state index contributed by atoms with van der Waals surface area (Å²) in [6.07, 6.45) is 0.273. The molecule has 3 aromatic carbocycles. The van der Waals surface area contributed by atoms with Crippen LogP contribution in [0.25, 0.3) is 11.1 Å². The first-order valence-corrected chi connectivity index (χ1v) is 13.1. The van der Waals surface area contributed by atoms with Gasteiger partial charge in [-0.3, -0.25) is 4.79 Å². The number of anilines is 1. The lowest BCUT2D eigenvalue weighted by Crippen LogP contribution is -2.49. The molecule has 9 heteroatoms. The van der Waals surface area contributed by atoms with Gasteiger partial charge in [0.15, 0.2) is 9.84 Å². The molecule has 35 heavy (non-hydrogen) atoms. The molecule has 1 atom stereocenters. The Morgan fingerprint density at radius 3 is 2.20 bits per heavy atom. The maximum absolute atomic E-state index is 14.6. The number of carbonyl (C=O) groups is 1. The zero-order valence-electron chi connectivity index (χ0n) is 19.4. The van der Waals surface area contributed by atoms with Gasteiger partial charge in [0, 0.05) is 43.6 Å². The van der Waals surface area contributed by atoms with Crippen LogP contribution < -0.4 is 4.90 Å². The Kier molecular flexibility index (Phi) is 6.91. The fourth-order valence-electron chi connectivity index (χ4n) is 4.21. The van der Waals surface area contributed by atoms with E-state index < -0.39 is 33.5 Å². The average Bonchev–Trinajstić information content (AvgIpc) is 2.83. The minimum atomic E-state index is -3.59. The molecule has 0 saturated carbocycles. The Balaban J connectivity index is 1.61. The molecule has 0 spiro atoms. The lowest BCUT2D eigenvalue weighted by atomic mass is 9.98. The highest BCUT2D eigenvalue weighted by atomic mass is 32.2. The molecule has 184 valence electrons. The van der Waals surface area contributed by atoms with Crippen LogP contribution in [-0.2, 0) is 9.84 Å². The predicted molar refractivity (Wildman–Crippen MR) is 130 cm³/mol. The highest BCUT2D eigenvalue weighted by Gasteiger charge is 2.27. The Hall–Kier alpha value is -3.30. The predicted octanol–water partition coefficient (Wildman–Crippen LogP) is 4.05. The maximum atomic E-state index is 14.6. The lowest BCUT2D eigenvalue weighted by molar-refractivity contribution is 0.0747. The number of halogens is 2. The summed E-state index contributed by atoms with van der Waals surface area (Å²) in [6.45, 7) is 2.83. The number of amides is 1. The molecule has 1 heterocycles. The monoisotopic (exact) mass is 500 g/mol. The summed E-state index contributed by atoms with van der Waals surface area (Å²) in [5.74, 6) is -1.39. The van der Waals surface area contributed by atoms with Crippen LogP contribution in [0.2, 0.25) is 0 Å². The SMILES string of the molecule is CC(O)c1ccc(N2CCN(C(=O)c3cc(S(C)(=O)=O)ccc3-c3ccccc3F)CC2)c(F)c1. The van der Waals surface area contributed by atoms with Crippen LogP contribution in [0.5, 0.6) is 0 Å². The van der Waals surface area contributed by atoms with E-state index >= 15 is 0 Å². The number of benzene rings is 3. The van der Waals surface area contributed by atoms with Crippen molar-refractivity contribution in [1.82, 2.24) is 4.90 Å². The highest BCUT2D eigenvalue weighted by molar-refractivity contribution is 7.90. The molecule has 1 saturated heterocycles. The molecule has 1 aliphatic heterocycles. The van der Waals surface area contributed by atoms with Gasteiger partial charge in [0.05, 0.1) is 16.7 Å². The highest BCUT2D eigenvalue weighted by Crippen LogP contribution is 2.30. The zero-order chi connectivity index (χ0) is 25.3. The van der Waals surface area contributed by atoms with Crippen molar-refractivity contribution in [3.05, 3.63) is 83.4 Å². The Bertz CT molecular complexity index is 1370. The normalized spacial score (nSPS) is 15.2. The van der Waals surface area contributed by atoms with Crippen molar-refractivity contribution in [3.63, 3.8) is 0 Å². The van der Waals surface area contributed by atoms with E-state index in [0.29, 0.717) is 29.9 Å². The van der Waals surface area contributed by atoms with Crippen molar-refractivity contribution in [1.29, 1.82) is 0 Å². The van der Waals surface area contributed by atoms with Gasteiger partial charge in [-0.15, -0.1) is 0 Å². The van der Waals surface area contributed by atoms with Crippen LogP contribution in [0, 0.1) is 11.6 Å². The van der Waals surface area contributed by atoms with Crippen LogP contribution in [0.15, 0.2) is 65.6 Å². The summed E-state index contributed by atoms with van der Waals surface area (Å²) in [6, 6.07) is 14.7. The molecule has 1 fully saturated rings. The molecular formula is C26H26F2N2O4S. The summed E-state index contributed by atoms with van der Waals surface area (Å²) >= 11 is 0. The standard InChI is InChI=1S/C26H26F2N2O4S/c1-17(31)18-7-10-25(24(28)15-18)29-11-13-30(14-12-29)26(32)22-16-19(35(2,33)34)8-9-20(22)21-5-3-4-6-23(21)27/h3-10,15-17,31H,11-14H2,1-2H3. The van der Waals surface area contributed by atoms with Gasteiger partial charge in [-0.1, -0.05) is 30.3 Å². The number of carbonyl (C=O) groups excluding carboxylic acids is 1. The van der Waals surface area contributed by atoms with E-state index in [9.17, 15) is 27.1 Å². The summed E-state index contributed by atoms with van der Waals surface area (Å²) in [4.78, 5) is 16.8. The third-order valence-electron chi connectivity index (χ3n) is 6.18. The molecule has 1 unspecified atom stereocenters. The number of piperazine rings is 1. The minimum absolute atomic E-state index is 0.0279. The first-order valence-electron chi connectivity index (χ1n) is 11.2. The van der Waals surface area contributed by atoms with Crippen molar-refractivity contribution < 1.29 is 27.1 Å². The summed E-state index contributed by atoms with van der Waals surface area (Å²) in [5.41, 5.74) is 1.47. The first-order chi connectivity index (χ1) is 16.6. The van der Waals surface area contributed by atoms with Gasteiger partial charge in [-0.05, 0) is 48.4 Å². The van der Waals surface area contributed by atoms with Gasteiger partial charge in [-0.2, -0.15) is 0 Å². The maximum Gasteiger partial charge on any atom is 0.254 e. The number of sulfone groups is 1. The van der Waals surface area contributed by atoms with Gasteiger partial charge in [0.25, 0.3) is 5.91 Å². The van der Waals surface area contributed by atoms with E-state index in [4.69, 9.17) is 0 Å². The van der Waals surface area contributed by atoms with Gasteiger partial charge in [0.1, 0.15) is 11.6 Å². The average molecular weight is 501 g/mol. The number of aliphatic hydroxyl groups excluding tert-OH is 1. The number of rotatable bonds is 5. The fraction of sp³-hybridized carbons (Fsp3) is 0.269. The van der Waals surface area contributed by atoms with Crippen LogP contribution in [-0.4, -0.2) is 56.8 Å². The molecule has 6 nitrogen and oxygen atoms in total. The lowest BCUT2D eigenvalue weighted by Gasteiger charge is -2.36. The number of hydrogen-bond acceptors (Lipinski definition) is 5. The smallest absolute Gasteiger partial charge is 0.254 e. The van der Waals surface area contributed by atoms with Crippen molar-refractivity contribution >= 4 is 21.4 Å². The van der Waals surface area contributed by atoms with Gasteiger partial charge < -0.3 is 14.9 Å². The fourth-order valence-corrected chi connectivity index (χ4v) is 4.85.